The van der Waals surface area contributed by atoms with E-state index in [0.29, 0.717) is 17.1 Å². The number of nitrogens with zero attached hydrogens (tertiary/aromatic N) is 2. The van der Waals surface area contributed by atoms with E-state index in [0.717, 1.165) is 11.1 Å². The van der Waals surface area contributed by atoms with Crippen molar-refractivity contribution < 1.29 is 9.90 Å². The van der Waals surface area contributed by atoms with Crippen LogP contribution in [0.1, 0.15) is 12.1 Å². The van der Waals surface area contributed by atoms with Crippen LogP contribution in [0.3, 0.4) is 0 Å². The van der Waals surface area contributed by atoms with Gasteiger partial charge in [0.1, 0.15) is 0 Å². The van der Waals surface area contributed by atoms with Crippen molar-refractivity contribution in [2.24, 2.45) is 0 Å². The second kappa shape index (κ2) is 4.45. The van der Waals surface area contributed by atoms with Gasteiger partial charge in [0.25, 0.3) is 0 Å². The maximum atomic E-state index is 10.4. The first-order chi connectivity index (χ1) is 7.65. The number of aromatic nitrogens is 2. The Morgan fingerprint density at radius 1 is 1.44 bits per heavy atom. The summed E-state index contributed by atoms with van der Waals surface area (Å²) in [5.74, 6) is -0.828. The van der Waals surface area contributed by atoms with Crippen LogP contribution in [0.25, 0.3) is 11.0 Å². The van der Waals surface area contributed by atoms with Gasteiger partial charge in [-0.3, -0.25) is 4.79 Å². The molecule has 0 aromatic carbocycles. The summed E-state index contributed by atoms with van der Waals surface area (Å²) in [7, 11) is 0. The zero-order valence-electron chi connectivity index (χ0n) is 8.35. The van der Waals surface area contributed by atoms with Crippen molar-refractivity contribution in [2.45, 2.75) is 12.8 Å². The van der Waals surface area contributed by atoms with E-state index in [2.05, 4.69) is 9.97 Å². The van der Waals surface area contributed by atoms with Gasteiger partial charge in [-0.25, -0.2) is 9.97 Å². The van der Waals surface area contributed by atoms with Gasteiger partial charge in [-0.05, 0) is 18.2 Å². The van der Waals surface area contributed by atoms with Gasteiger partial charge in [0, 0.05) is 23.7 Å². The van der Waals surface area contributed by atoms with E-state index in [1.165, 1.54) is 6.20 Å². The minimum absolute atomic E-state index is 0.0755. The highest BCUT2D eigenvalue weighted by Gasteiger charge is 2.03. The third-order valence-electron chi connectivity index (χ3n) is 2.16. The molecule has 0 radical (unpaired) electrons. The Morgan fingerprint density at radius 2 is 2.25 bits per heavy atom. The number of carboxylic acid groups (broad SMARTS) is 1. The number of hydrogen-bond donors (Lipinski definition) is 1. The Hall–Kier alpha value is -1.68. The van der Waals surface area contributed by atoms with Crippen molar-refractivity contribution >= 4 is 28.6 Å². The summed E-state index contributed by atoms with van der Waals surface area (Å²) in [6.45, 7) is 0. The number of aliphatic carboxylic acids is 1. The molecule has 0 spiro atoms. The Morgan fingerprint density at radius 3 is 3.00 bits per heavy atom. The van der Waals surface area contributed by atoms with Crippen LogP contribution in [-0.2, 0) is 11.2 Å². The van der Waals surface area contributed by atoms with Crippen LogP contribution >= 0.6 is 11.6 Å². The van der Waals surface area contributed by atoms with E-state index < -0.39 is 5.97 Å². The molecule has 0 aliphatic rings. The Balaban J connectivity index is 2.30. The molecule has 2 aromatic heterocycles. The largest absolute Gasteiger partial charge is 0.481 e. The summed E-state index contributed by atoms with van der Waals surface area (Å²) in [6.07, 6.45) is 2.01. The third-order valence-corrected chi connectivity index (χ3v) is 2.37. The zero-order valence-corrected chi connectivity index (χ0v) is 9.11. The first kappa shape index (κ1) is 10.8. The standard InChI is InChI=1S/C11H9ClN2O2/c12-8-5-7-1-2-9(3-4-10(15)16)14-11(7)13-6-8/h1-2,5-6H,3-4H2,(H,15,16). The fourth-order valence-corrected chi connectivity index (χ4v) is 1.56. The summed E-state index contributed by atoms with van der Waals surface area (Å²) in [6, 6.07) is 5.42. The molecule has 4 nitrogen and oxygen atoms in total. The van der Waals surface area contributed by atoms with Crippen LogP contribution in [0.2, 0.25) is 5.02 Å². The van der Waals surface area contributed by atoms with E-state index >= 15 is 0 Å². The van der Waals surface area contributed by atoms with Crippen LogP contribution < -0.4 is 0 Å². The summed E-state index contributed by atoms with van der Waals surface area (Å²) in [4.78, 5) is 18.8. The SMILES string of the molecule is O=C(O)CCc1ccc2cc(Cl)cnc2n1. The highest BCUT2D eigenvalue weighted by molar-refractivity contribution is 6.31. The fourth-order valence-electron chi connectivity index (χ4n) is 1.40. The number of pyridine rings is 2. The van der Waals surface area contributed by atoms with Gasteiger partial charge in [0.05, 0.1) is 11.4 Å². The minimum Gasteiger partial charge on any atom is -0.481 e. The summed E-state index contributed by atoms with van der Waals surface area (Å²) in [5, 5.41) is 9.98. The topological polar surface area (TPSA) is 63.1 Å². The molecule has 5 heteroatoms. The molecule has 0 bridgehead atoms. The third kappa shape index (κ3) is 2.46. The Bertz CT molecular complexity index is 542. The van der Waals surface area contributed by atoms with Crippen molar-refractivity contribution in [3.63, 3.8) is 0 Å². The monoisotopic (exact) mass is 236 g/mol. The van der Waals surface area contributed by atoms with E-state index in [-0.39, 0.29) is 6.42 Å². The van der Waals surface area contributed by atoms with Crippen LogP contribution in [0.15, 0.2) is 24.4 Å². The van der Waals surface area contributed by atoms with Gasteiger partial charge >= 0.3 is 5.97 Å². The zero-order chi connectivity index (χ0) is 11.5. The van der Waals surface area contributed by atoms with Gasteiger partial charge in [-0.1, -0.05) is 11.6 Å². The maximum Gasteiger partial charge on any atom is 0.303 e. The number of carbonyl (C=O) groups is 1. The Kier molecular flexibility index (Phi) is 3.01. The first-order valence-electron chi connectivity index (χ1n) is 4.78. The molecule has 16 heavy (non-hydrogen) atoms. The predicted octanol–water partition coefficient (Wildman–Crippen LogP) is 2.30. The lowest BCUT2D eigenvalue weighted by molar-refractivity contribution is -0.136. The summed E-state index contributed by atoms with van der Waals surface area (Å²) < 4.78 is 0. The van der Waals surface area contributed by atoms with Crippen molar-refractivity contribution in [3.05, 3.63) is 35.1 Å². The summed E-state index contributed by atoms with van der Waals surface area (Å²) >= 11 is 5.79. The van der Waals surface area contributed by atoms with Crippen molar-refractivity contribution in [1.82, 2.24) is 9.97 Å². The highest BCUT2D eigenvalue weighted by Crippen LogP contribution is 2.15. The smallest absolute Gasteiger partial charge is 0.303 e. The molecule has 0 aliphatic heterocycles. The van der Waals surface area contributed by atoms with E-state index in [9.17, 15) is 4.79 Å². The number of halogens is 1. The second-order valence-corrected chi connectivity index (χ2v) is 3.83. The molecule has 2 aromatic rings. The van der Waals surface area contributed by atoms with Gasteiger partial charge in [0.2, 0.25) is 0 Å². The van der Waals surface area contributed by atoms with Crippen molar-refractivity contribution in [1.29, 1.82) is 0 Å². The summed E-state index contributed by atoms with van der Waals surface area (Å²) in [5.41, 5.74) is 1.32. The molecular weight excluding hydrogens is 228 g/mol. The van der Waals surface area contributed by atoms with Gasteiger partial charge in [0.15, 0.2) is 5.65 Å². The van der Waals surface area contributed by atoms with Gasteiger partial charge < -0.3 is 5.11 Å². The van der Waals surface area contributed by atoms with Gasteiger partial charge in [-0.2, -0.15) is 0 Å². The molecular formula is C11H9ClN2O2. The normalized spacial score (nSPS) is 10.6. The van der Waals surface area contributed by atoms with Crippen molar-refractivity contribution in [3.8, 4) is 0 Å². The molecule has 0 amide bonds. The van der Waals surface area contributed by atoms with Crippen LogP contribution in [0.4, 0.5) is 0 Å². The molecule has 82 valence electrons. The van der Waals surface area contributed by atoms with Crippen LogP contribution in [0, 0.1) is 0 Å². The van der Waals surface area contributed by atoms with Gasteiger partial charge in [-0.15, -0.1) is 0 Å². The van der Waals surface area contributed by atoms with Crippen LogP contribution in [0.5, 0.6) is 0 Å². The number of aryl methyl sites for hydroxylation is 1. The molecule has 2 rings (SSSR count). The average Bonchev–Trinajstić information content (AvgIpc) is 2.26. The molecule has 0 atom stereocenters. The fraction of sp³-hybridized carbons (Fsp3) is 0.182. The molecule has 0 saturated carbocycles. The molecule has 0 unspecified atom stereocenters. The maximum absolute atomic E-state index is 10.4. The predicted molar refractivity (Wildman–Crippen MR) is 60.5 cm³/mol. The number of carboxylic acids is 1. The van der Waals surface area contributed by atoms with Crippen molar-refractivity contribution in [2.75, 3.05) is 0 Å². The Labute approximate surface area is 96.9 Å². The second-order valence-electron chi connectivity index (χ2n) is 3.40. The van der Waals surface area contributed by atoms with E-state index in [1.807, 2.05) is 6.07 Å². The average molecular weight is 237 g/mol. The number of hydrogen-bond acceptors (Lipinski definition) is 3. The quantitative estimate of drug-likeness (QED) is 0.888. The van der Waals surface area contributed by atoms with E-state index in [4.69, 9.17) is 16.7 Å². The molecule has 0 aliphatic carbocycles. The highest BCUT2D eigenvalue weighted by atomic mass is 35.5. The van der Waals surface area contributed by atoms with Crippen LogP contribution in [-0.4, -0.2) is 21.0 Å². The lowest BCUT2D eigenvalue weighted by atomic mass is 10.2. The molecule has 0 saturated heterocycles. The minimum atomic E-state index is -0.828. The number of rotatable bonds is 3. The van der Waals surface area contributed by atoms with E-state index in [1.54, 1.807) is 12.1 Å². The lowest BCUT2D eigenvalue weighted by Crippen LogP contribution is -1.99. The number of fused-ring (bicyclic) bond motifs is 1. The molecule has 2 heterocycles. The first-order valence-corrected chi connectivity index (χ1v) is 5.16. The molecule has 0 fully saturated rings. The lowest BCUT2D eigenvalue weighted by Gasteiger charge is -2.01. The molecule has 1 N–H and O–H groups in total.